The van der Waals surface area contributed by atoms with Crippen LogP contribution in [-0.2, 0) is 4.79 Å². The monoisotopic (exact) mass is 253 g/mol. The second kappa shape index (κ2) is 5.50. The first-order valence-corrected chi connectivity index (χ1v) is 6.27. The average Bonchev–Trinajstić information content (AvgIpc) is 2.39. The predicted molar refractivity (Wildman–Crippen MR) is 66.6 cm³/mol. The molecule has 92 valence electrons. The number of rotatable bonds is 3. The fourth-order valence-corrected chi connectivity index (χ4v) is 2.65. The maximum atomic E-state index is 10.7. The minimum absolute atomic E-state index is 0.243. The molecule has 1 saturated carbocycles. The van der Waals surface area contributed by atoms with Crippen molar-refractivity contribution in [2.45, 2.75) is 31.6 Å². The molecule has 0 spiro atoms. The van der Waals surface area contributed by atoms with Gasteiger partial charge in [-0.1, -0.05) is 11.6 Å². The smallest absolute Gasteiger partial charge is 0.232 e. The first-order chi connectivity index (χ1) is 8.24. The van der Waals surface area contributed by atoms with Crippen LogP contribution in [0.3, 0.4) is 0 Å². The molecule has 2 rings (SSSR count). The third-order valence-electron chi connectivity index (χ3n) is 3.46. The van der Waals surface area contributed by atoms with Crippen molar-refractivity contribution in [1.29, 1.82) is 0 Å². The molecule has 0 unspecified atom stereocenters. The van der Waals surface area contributed by atoms with Gasteiger partial charge in [0.15, 0.2) is 0 Å². The lowest BCUT2D eigenvalue weighted by molar-refractivity contribution is -0.111. The molecule has 0 bridgehead atoms. The molecule has 1 aromatic heterocycles. The van der Waals surface area contributed by atoms with Gasteiger partial charge in [-0.15, -0.1) is 0 Å². The first kappa shape index (κ1) is 12.4. The zero-order valence-corrected chi connectivity index (χ0v) is 10.6. The van der Waals surface area contributed by atoms with Crippen LogP contribution in [0.5, 0.6) is 5.88 Å². The van der Waals surface area contributed by atoms with Crippen molar-refractivity contribution in [3.8, 4) is 5.88 Å². The number of nitrogens with zero attached hydrogens (tertiary/aromatic N) is 1. The standard InChI is InChI=1S/C13H16ClNO2/c1-17-13-12(14)6-11(7-15-13)10-4-2-9(8-16)3-5-10/h6-10H,2-5H2,1H3/t9-,10-. The highest BCUT2D eigenvalue weighted by atomic mass is 35.5. The predicted octanol–water partition coefficient (Wildman–Crippen LogP) is 3.22. The molecular weight excluding hydrogens is 238 g/mol. The van der Waals surface area contributed by atoms with E-state index in [9.17, 15) is 4.79 Å². The molecule has 1 fully saturated rings. The van der Waals surface area contributed by atoms with E-state index in [1.165, 1.54) is 0 Å². The number of carbonyl (C=O) groups excluding carboxylic acids is 1. The Morgan fingerprint density at radius 3 is 2.65 bits per heavy atom. The molecule has 0 amide bonds. The number of ether oxygens (including phenoxy) is 1. The Kier molecular flexibility index (Phi) is 4.00. The topological polar surface area (TPSA) is 39.2 Å². The SMILES string of the molecule is COc1ncc([C@H]2CC[C@H](C=O)CC2)cc1Cl. The maximum absolute atomic E-state index is 10.7. The lowest BCUT2D eigenvalue weighted by atomic mass is 9.80. The minimum Gasteiger partial charge on any atom is -0.480 e. The van der Waals surface area contributed by atoms with Crippen molar-refractivity contribution < 1.29 is 9.53 Å². The summed E-state index contributed by atoms with van der Waals surface area (Å²) in [4.78, 5) is 14.9. The van der Waals surface area contributed by atoms with Gasteiger partial charge < -0.3 is 9.53 Å². The maximum Gasteiger partial charge on any atom is 0.232 e. The van der Waals surface area contributed by atoms with E-state index in [0.29, 0.717) is 16.8 Å². The Morgan fingerprint density at radius 2 is 2.12 bits per heavy atom. The summed E-state index contributed by atoms with van der Waals surface area (Å²) < 4.78 is 5.03. The van der Waals surface area contributed by atoms with Gasteiger partial charge in [0, 0.05) is 12.1 Å². The summed E-state index contributed by atoms with van der Waals surface area (Å²) in [5.74, 6) is 1.19. The Balaban J connectivity index is 2.08. The molecule has 1 heterocycles. The van der Waals surface area contributed by atoms with Crippen molar-refractivity contribution in [3.63, 3.8) is 0 Å². The van der Waals surface area contributed by atoms with E-state index in [-0.39, 0.29) is 5.92 Å². The van der Waals surface area contributed by atoms with Gasteiger partial charge in [-0.2, -0.15) is 0 Å². The number of pyridine rings is 1. The van der Waals surface area contributed by atoms with Crippen LogP contribution in [0.1, 0.15) is 37.2 Å². The van der Waals surface area contributed by atoms with Crippen LogP contribution in [0.2, 0.25) is 5.02 Å². The van der Waals surface area contributed by atoms with Crippen molar-refractivity contribution in [1.82, 2.24) is 4.98 Å². The van der Waals surface area contributed by atoms with Crippen LogP contribution in [0, 0.1) is 5.92 Å². The van der Waals surface area contributed by atoms with E-state index in [2.05, 4.69) is 4.98 Å². The largest absolute Gasteiger partial charge is 0.480 e. The first-order valence-electron chi connectivity index (χ1n) is 5.89. The van der Waals surface area contributed by atoms with Crippen molar-refractivity contribution in [2.24, 2.45) is 5.92 Å². The number of halogens is 1. The van der Waals surface area contributed by atoms with E-state index in [0.717, 1.165) is 37.5 Å². The Labute approximate surface area is 106 Å². The van der Waals surface area contributed by atoms with Gasteiger partial charge in [0.2, 0.25) is 5.88 Å². The van der Waals surface area contributed by atoms with Gasteiger partial charge >= 0.3 is 0 Å². The molecule has 0 aromatic carbocycles. The van der Waals surface area contributed by atoms with Crippen LogP contribution in [0.25, 0.3) is 0 Å². The van der Waals surface area contributed by atoms with Gasteiger partial charge in [0.1, 0.15) is 11.3 Å². The molecule has 4 heteroatoms. The number of hydrogen-bond acceptors (Lipinski definition) is 3. The second-order valence-corrected chi connectivity index (χ2v) is 4.91. The zero-order valence-electron chi connectivity index (χ0n) is 9.86. The van der Waals surface area contributed by atoms with Crippen LogP contribution >= 0.6 is 11.6 Å². The molecule has 1 aliphatic carbocycles. The van der Waals surface area contributed by atoms with Gasteiger partial charge in [0.05, 0.1) is 7.11 Å². The van der Waals surface area contributed by atoms with Crippen molar-refractivity contribution in [2.75, 3.05) is 7.11 Å². The Hall–Kier alpha value is -1.09. The quantitative estimate of drug-likeness (QED) is 0.777. The van der Waals surface area contributed by atoms with E-state index in [1.54, 1.807) is 7.11 Å². The number of carbonyl (C=O) groups is 1. The Morgan fingerprint density at radius 1 is 1.41 bits per heavy atom. The molecule has 0 atom stereocenters. The highest BCUT2D eigenvalue weighted by Crippen LogP contribution is 2.36. The molecular formula is C13H16ClNO2. The van der Waals surface area contributed by atoms with Crippen molar-refractivity contribution >= 4 is 17.9 Å². The summed E-state index contributed by atoms with van der Waals surface area (Å²) in [5.41, 5.74) is 1.15. The van der Waals surface area contributed by atoms with Gasteiger partial charge in [-0.05, 0) is 43.2 Å². The lowest BCUT2D eigenvalue weighted by Gasteiger charge is -2.25. The number of aromatic nitrogens is 1. The van der Waals surface area contributed by atoms with E-state index < -0.39 is 0 Å². The molecule has 1 aromatic rings. The Bertz CT molecular complexity index is 400. The molecule has 17 heavy (non-hydrogen) atoms. The second-order valence-electron chi connectivity index (χ2n) is 4.51. The summed E-state index contributed by atoms with van der Waals surface area (Å²) in [5, 5.41) is 0.558. The lowest BCUT2D eigenvalue weighted by Crippen LogP contribution is -2.14. The highest BCUT2D eigenvalue weighted by Gasteiger charge is 2.22. The number of aldehydes is 1. The third kappa shape index (κ3) is 2.78. The van der Waals surface area contributed by atoms with Crippen LogP contribution in [0.15, 0.2) is 12.3 Å². The summed E-state index contributed by atoms with van der Waals surface area (Å²) in [6.45, 7) is 0. The number of hydrogen-bond donors (Lipinski definition) is 0. The third-order valence-corrected chi connectivity index (χ3v) is 3.73. The molecule has 0 saturated heterocycles. The van der Waals surface area contributed by atoms with E-state index in [1.807, 2.05) is 12.3 Å². The van der Waals surface area contributed by atoms with E-state index in [4.69, 9.17) is 16.3 Å². The highest BCUT2D eigenvalue weighted by molar-refractivity contribution is 6.31. The summed E-state index contributed by atoms with van der Waals surface area (Å²) in [6, 6.07) is 1.93. The van der Waals surface area contributed by atoms with Gasteiger partial charge in [0.25, 0.3) is 0 Å². The normalized spacial score (nSPS) is 24.4. The number of methoxy groups -OCH3 is 1. The van der Waals surface area contributed by atoms with E-state index >= 15 is 0 Å². The van der Waals surface area contributed by atoms with Crippen LogP contribution in [0.4, 0.5) is 0 Å². The molecule has 0 radical (unpaired) electrons. The fraction of sp³-hybridized carbons (Fsp3) is 0.538. The molecule has 0 N–H and O–H groups in total. The molecule has 1 aliphatic rings. The molecule has 3 nitrogen and oxygen atoms in total. The fourth-order valence-electron chi connectivity index (χ4n) is 2.40. The van der Waals surface area contributed by atoms with Gasteiger partial charge in [-0.25, -0.2) is 4.98 Å². The minimum atomic E-state index is 0.243. The van der Waals surface area contributed by atoms with Crippen molar-refractivity contribution in [3.05, 3.63) is 22.8 Å². The summed E-state index contributed by atoms with van der Waals surface area (Å²) in [7, 11) is 1.56. The van der Waals surface area contributed by atoms with Crippen LogP contribution in [-0.4, -0.2) is 18.4 Å². The summed E-state index contributed by atoms with van der Waals surface area (Å²) >= 11 is 6.06. The average molecular weight is 254 g/mol. The van der Waals surface area contributed by atoms with Crippen LogP contribution < -0.4 is 4.74 Å². The molecule has 0 aliphatic heterocycles. The summed E-state index contributed by atoms with van der Waals surface area (Å²) in [6.07, 6.45) is 6.92. The zero-order chi connectivity index (χ0) is 12.3. The van der Waals surface area contributed by atoms with Gasteiger partial charge in [-0.3, -0.25) is 0 Å².